The maximum Gasteiger partial charge on any atom is 0.273 e. The quantitative estimate of drug-likeness (QED) is 0.282. The van der Waals surface area contributed by atoms with Crippen LogP contribution < -0.4 is 4.90 Å². The van der Waals surface area contributed by atoms with E-state index in [0.29, 0.717) is 27.9 Å². The molecule has 2 amide bonds. The smallest absolute Gasteiger partial charge is 0.273 e. The van der Waals surface area contributed by atoms with Gasteiger partial charge in [0.25, 0.3) is 22.3 Å². The summed E-state index contributed by atoms with van der Waals surface area (Å²) in [4.78, 5) is 37.5. The van der Waals surface area contributed by atoms with E-state index in [4.69, 9.17) is 8.83 Å². The molecule has 0 aliphatic carbocycles. The van der Waals surface area contributed by atoms with Crippen molar-refractivity contribution in [2.75, 3.05) is 4.90 Å². The molecule has 0 radical (unpaired) electrons. The standard InChI is InChI=1S/C25H15N3O4S2/c1-14-7-6-8-15(13-14)28-22(29)20(33-24-26-16-9-2-4-11-18(16)31-24)21(23(28)30)34-25-27-17-10-3-5-12-19(17)32-25/h2-13H,1H3. The van der Waals surface area contributed by atoms with Crippen LogP contribution in [0.15, 0.2) is 102 Å². The Labute approximate surface area is 201 Å². The second kappa shape index (κ2) is 8.19. The van der Waals surface area contributed by atoms with E-state index in [2.05, 4.69) is 9.97 Å². The highest BCUT2D eigenvalue weighted by molar-refractivity contribution is 8.08. The Morgan fingerprint density at radius 2 is 1.24 bits per heavy atom. The lowest BCUT2D eigenvalue weighted by Crippen LogP contribution is -2.31. The number of hydrogen-bond donors (Lipinski definition) is 0. The zero-order valence-electron chi connectivity index (χ0n) is 17.7. The number of rotatable bonds is 5. The molecule has 1 aliphatic rings. The molecule has 0 N–H and O–H groups in total. The summed E-state index contributed by atoms with van der Waals surface area (Å²) >= 11 is 2.05. The third-order valence-corrected chi connectivity index (χ3v) is 7.18. The molecule has 0 unspecified atom stereocenters. The van der Waals surface area contributed by atoms with Crippen LogP contribution in [0.3, 0.4) is 0 Å². The van der Waals surface area contributed by atoms with Crippen molar-refractivity contribution >= 4 is 63.2 Å². The van der Waals surface area contributed by atoms with Crippen LogP contribution in [0.2, 0.25) is 0 Å². The van der Waals surface area contributed by atoms with Gasteiger partial charge >= 0.3 is 0 Å². The van der Waals surface area contributed by atoms with Crippen LogP contribution in [0.1, 0.15) is 5.56 Å². The Bertz CT molecular complexity index is 1470. The largest absolute Gasteiger partial charge is 0.431 e. The number of aromatic nitrogens is 2. The molecule has 3 aromatic carbocycles. The summed E-state index contributed by atoms with van der Waals surface area (Å²) in [6.07, 6.45) is 0. The number of benzene rings is 3. The second-order valence-corrected chi connectivity index (χ2v) is 9.47. The van der Waals surface area contributed by atoms with Crippen LogP contribution in [0.5, 0.6) is 0 Å². The van der Waals surface area contributed by atoms with Crippen LogP contribution in [0.4, 0.5) is 5.69 Å². The summed E-state index contributed by atoms with van der Waals surface area (Å²) < 4.78 is 11.6. The van der Waals surface area contributed by atoms with Crippen LogP contribution in [-0.2, 0) is 9.59 Å². The van der Waals surface area contributed by atoms with E-state index in [1.54, 1.807) is 24.3 Å². The fourth-order valence-electron chi connectivity index (χ4n) is 3.64. The Morgan fingerprint density at radius 3 is 1.74 bits per heavy atom. The second-order valence-electron chi connectivity index (χ2n) is 7.54. The molecule has 7 nitrogen and oxygen atoms in total. The minimum atomic E-state index is -0.443. The average Bonchev–Trinajstić information content (AvgIpc) is 3.49. The fourth-order valence-corrected chi connectivity index (χ4v) is 5.50. The van der Waals surface area contributed by atoms with Gasteiger partial charge in [0, 0.05) is 0 Å². The van der Waals surface area contributed by atoms with Crippen molar-refractivity contribution in [2.45, 2.75) is 17.4 Å². The molecule has 5 aromatic rings. The molecular weight excluding hydrogens is 470 g/mol. The normalized spacial score (nSPS) is 14.2. The molecule has 0 bridgehead atoms. The van der Waals surface area contributed by atoms with Gasteiger partial charge in [0.2, 0.25) is 0 Å². The number of imide groups is 1. The van der Waals surface area contributed by atoms with Gasteiger partial charge in [-0.05, 0) is 72.4 Å². The molecule has 0 spiro atoms. The first-order valence-corrected chi connectivity index (χ1v) is 12.0. The SMILES string of the molecule is Cc1cccc(N2C(=O)C(Sc3nc4ccccc4o3)=C(Sc3nc4ccccc4o3)C2=O)c1. The summed E-state index contributed by atoms with van der Waals surface area (Å²) in [5.41, 5.74) is 3.99. The van der Waals surface area contributed by atoms with Gasteiger partial charge in [0.15, 0.2) is 11.2 Å². The molecule has 9 heteroatoms. The van der Waals surface area contributed by atoms with Crippen LogP contribution >= 0.6 is 23.5 Å². The molecule has 6 rings (SSSR count). The van der Waals surface area contributed by atoms with Crippen molar-refractivity contribution in [1.29, 1.82) is 0 Å². The highest BCUT2D eigenvalue weighted by Crippen LogP contribution is 2.44. The number of nitrogens with zero attached hydrogens (tertiary/aromatic N) is 3. The number of carbonyl (C=O) groups excluding carboxylic acids is 2. The summed E-state index contributed by atoms with van der Waals surface area (Å²) in [5.74, 6) is -0.886. The van der Waals surface area contributed by atoms with Crippen molar-refractivity contribution in [2.24, 2.45) is 0 Å². The zero-order chi connectivity index (χ0) is 23.2. The van der Waals surface area contributed by atoms with Crippen molar-refractivity contribution < 1.29 is 18.4 Å². The van der Waals surface area contributed by atoms with Gasteiger partial charge in [0.1, 0.15) is 20.8 Å². The lowest BCUT2D eigenvalue weighted by Gasteiger charge is -2.15. The predicted molar refractivity (Wildman–Crippen MR) is 130 cm³/mol. The van der Waals surface area contributed by atoms with E-state index < -0.39 is 11.8 Å². The number of oxazole rings is 2. The number of para-hydroxylation sites is 4. The first-order valence-electron chi connectivity index (χ1n) is 10.3. The lowest BCUT2D eigenvalue weighted by atomic mass is 10.2. The van der Waals surface area contributed by atoms with Gasteiger partial charge in [-0.25, -0.2) is 14.9 Å². The minimum Gasteiger partial charge on any atom is -0.431 e. The van der Waals surface area contributed by atoms with E-state index >= 15 is 0 Å². The predicted octanol–water partition coefficient (Wildman–Crippen LogP) is 5.95. The summed E-state index contributed by atoms with van der Waals surface area (Å²) in [7, 11) is 0. The van der Waals surface area contributed by atoms with E-state index in [1.807, 2.05) is 55.5 Å². The van der Waals surface area contributed by atoms with E-state index in [9.17, 15) is 9.59 Å². The van der Waals surface area contributed by atoms with Crippen molar-refractivity contribution in [1.82, 2.24) is 9.97 Å². The van der Waals surface area contributed by atoms with E-state index in [-0.39, 0.29) is 20.3 Å². The highest BCUT2D eigenvalue weighted by Gasteiger charge is 2.42. The topological polar surface area (TPSA) is 89.4 Å². The number of aryl methyl sites for hydroxylation is 1. The monoisotopic (exact) mass is 485 g/mol. The van der Waals surface area contributed by atoms with Gasteiger partial charge in [-0.15, -0.1) is 0 Å². The Balaban J connectivity index is 1.43. The average molecular weight is 486 g/mol. The molecule has 34 heavy (non-hydrogen) atoms. The molecule has 166 valence electrons. The molecule has 0 saturated heterocycles. The first-order chi connectivity index (χ1) is 16.6. The van der Waals surface area contributed by atoms with Gasteiger partial charge in [-0.1, -0.05) is 36.4 Å². The number of hydrogen-bond acceptors (Lipinski definition) is 8. The van der Waals surface area contributed by atoms with Crippen LogP contribution in [0.25, 0.3) is 22.2 Å². The van der Waals surface area contributed by atoms with E-state index in [0.717, 1.165) is 29.1 Å². The molecule has 1 aliphatic heterocycles. The number of amides is 2. The number of carbonyl (C=O) groups is 2. The molecule has 0 fully saturated rings. The molecule has 2 aromatic heterocycles. The van der Waals surface area contributed by atoms with Crippen molar-refractivity contribution in [3.63, 3.8) is 0 Å². The molecular formula is C25H15N3O4S2. The minimum absolute atomic E-state index is 0.213. The number of fused-ring (bicyclic) bond motifs is 2. The van der Waals surface area contributed by atoms with Crippen molar-refractivity contribution in [3.05, 3.63) is 88.2 Å². The zero-order valence-corrected chi connectivity index (χ0v) is 19.4. The molecule has 3 heterocycles. The molecule has 0 atom stereocenters. The van der Waals surface area contributed by atoms with E-state index in [1.165, 1.54) is 4.90 Å². The Hall–Kier alpha value is -3.82. The van der Waals surface area contributed by atoms with Crippen molar-refractivity contribution in [3.8, 4) is 0 Å². The number of anilines is 1. The van der Waals surface area contributed by atoms with Gasteiger partial charge in [0.05, 0.1) is 5.69 Å². The Morgan fingerprint density at radius 1 is 0.706 bits per heavy atom. The first kappa shape index (κ1) is 20.8. The van der Waals surface area contributed by atoms with Crippen LogP contribution in [-0.4, -0.2) is 21.8 Å². The summed E-state index contributed by atoms with van der Waals surface area (Å²) in [6.45, 7) is 1.91. The van der Waals surface area contributed by atoms with Gasteiger partial charge < -0.3 is 8.83 Å². The summed E-state index contributed by atoms with van der Waals surface area (Å²) in [6, 6.07) is 21.9. The van der Waals surface area contributed by atoms with Gasteiger partial charge in [-0.2, -0.15) is 0 Å². The maximum absolute atomic E-state index is 13.5. The maximum atomic E-state index is 13.5. The summed E-state index contributed by atoms with van der Waals surface area (Å²) in [5, 5.41) is 0.554. The lowest BCUT2D eigenvalue weighted by molar-refractivity contribution is -0.120. The fraction of sp³-hybridized carbons (Fsp3) is 0.0400. The molecule has 0 saturated carbocycles. The Kier molecular flexibility index (Phi) is 5.00. The number of thioether (sulfide) groups is 2. The third-order valence-electron chi connectivity index (χ3n) is 5.19. The van der Waals surface area contributed by atoms with Gasteiger partial charge in [-0.3, -0.25) is 9.59 Å². The highest BCUT2D eigenvalue weighted by atomic mass is 32.2. The third kappa shape index (κ3) is 3.59. The van der Waals surface area contributed by atoms with Crippen LogP contribution in [0, 0.1) is 6.92 Å².